The fourth-order valence-corrected chi connectivity index (χ4v) is 2.56. The normalized spacial score (nSPS) is 24.0. The maximum Gasteiger partial charge on any atom is 0.237 e. The van der Waals surface area contributed by atoms with Crippen LogP contribution >= 0.6 is 0 Å². The summed E-state index contributed by atoms with van der Waals surface area (Å²) < 4.78 is 0. The van der Waals surface area contributed by atoms with Crippen LogP contribution < -0.4 is 10.6 Å². The molecule has 1 aromatic rings. The molecule has 4 heteroatoms. The summed E-state index contributed by atoms with van der Waals surface area (Å²) in [4.78, 5) is 25.4. The topological polar surface area (TPSA) is 63.4 Å². The molecule has 2 unspecified atom stereocenters. The van der Waals surface area contributed by atoms with Crippen molar-refractivity contribution in [2.45, 2.75) is 13.3 Å². The Morgan fingerprint density at radius 2 is 2.00 bits per heavy atom. The summed E-state index contributed by atoms with van der Waals surface area (Å²) in [6.07, 6.45) is 0.729. The number of aryl methyl sites for hydroxylation is 1. The van der Waals surface area contributed by atoms with Crippen LogP contribution in [0.5, 0.6) is 0 Å². The van der Waals surface area contributed by atoms with Gasteiger partial charge in [-0.2, -0.15) is 0 Å². The molecule has 19 heavy (non-hydrogen) atoms. The Morgan fingerprint density at radius 1 is 1.32 bits per heavy atom. The van der Waals surface area contributed by atoms with Crippen molar-refractivity contribution in [3.05, 3.63) is 29.3 Å². The standard InChI is InChI=1S/C15H14N2O2/c1-9-7-10(3-2-6-16)4-5-13(9)17-14(18)11-8-12(11)15(17)19/h4-5,7,11-12H,6,8,16H2,1H3. The van der Waals surface area contributed by atoms with Crippen molar-refractivity contribution >= 4 is 17.5 Å². The van der Waals surface area contributed by atoms with Gasteiger partial charge >= 0.3 is 0 Å². The number of anilines is 1. The summed E-state index contributed by atoms with van der Waals surface area (Å²) >= 11 is 0. The highest BCUT2D eigenvalue weighted by Gasteiger charge is 2.59. The summed E-state index contributed by atoms with van der Waals surface area (Å²) in [7, 11) is 0. The van der Waals surface area contributed by atoms with E-state index in [1.165, 1.54) is 4.90 Å². The van der Waals surface area contributed by atoms with Gasteiger partial charge in [-0.15, -0.1) is 0 Å². The molecular formula is C15H14N2O2. The molecule has 1 saturated heterocycles. The number of imide groups is 1. The molecule has 4 nitrogen and oxygen atoms in total. The van der Waals surface area contributed by atoms with Crippen molar-refractivity contribution in [2.24, 2.45) is 17.6 Å². The second-order valence-electron chi connectivity index (χ2n) is 4.97. The van der Waals surface area contributed by atoms with Crippen LogP contribution in [0.15, 0.2) is 18.2 Å². The van der Waals surface area contributed by atoms with Crippen molar-refractivity contribution in [2.75, 3.05) is 11.4 Å². The molecule has 2 amide bonds. The molecule has 1 aliphatic heterocycles. The van der Waals surface area contributed by atoms with Crippen LogP contribution in [0.25, 0.3) is 0 Å². The van der Waals surface area contributed by atoms with Crippen LogP contribution in [0.1, 0.15) is 17.5 Å². The lowest BCUT2D eigenvalue weighted by Gasteiger charge is -2.18. The van der Waals surface area contributed by atoms with Gasteiger partial charge < -0.3 is 5.73 Å². The number of hydrogen-bond acceptors (Lipinski definition) is 3. The first-order valence-electron chi connectivity index (χ1n) is 6.31. The smallest absolute Gasteiger partial charge is 0.237 e. The number of piperidine rings is 1. The molecule has 1 aliphatic carbocycles. The molecule has 96 valence electrons. The Labute approximate surface area is 111 Å². The zero-order valence-electron chi connectivity index (χ0n) is 10.6. The lowest BCUT2D eigenvalue weighted by atomic mass is 10.1. The SMILES string of the molecule is Cc1cc(C#CCN)ccc1N1C(=O)C2CC2C1=O. The van der Waals surface area contributed by atoms with E-state index in [9.17, 15) is 9.59 Å². The van der Waals surface area contributed by atoms with E-state index in [4.69, 9.17) is 5.73 Å². The Morgan fingerprint density at radius 3 is 2.58 bits per heavy atom. The highest BCUT2D eigenvalue weighted by atomic mass is 16.2. The number of amides is 2. The first-order chi connectivity index (χ1) is 9.13. The van der Waals surface area contributed by atoms with Crippen LogP contribution in [0.4, 0.5) is 5.69 Å². The van der Waals surface area contributed by atoms with Gasteiger partial charge in [0.15, 0.2) is 0 Å². The molecule has 2 N–H and O–H groups in total. The van der Waals surface area contributed by atoms with Crippen molar-refractivity contribution < 1.29 is 9.59 Å². The van der Waals surface area contributed by atoms with Crippen molar-refractivity contribution in [1.29, 1.82) is 0 Å². The van der Waals surface area contributed by atoms with Crippen LogP contribution in [0.3, 0.4) is 0 Å². The Bertz CT molecular complexity index is 619. The van der Waals surface area contributed by atoms with Gasteiger partial charge in [-0.3, -0.25) is 9.59 Å². The second-order valence-corrected chi connectivity index (χ2v) is 4.97. The quantitative estimate of drug-likeness (QED) is 0.596. The van der Waals surface area contributed by atoms with Gasteiger partial charge in [-0.25, -0.2) is 4.90 Å². The third-order valence-corrected chi connectivity index (χ3v) is 3.64. The van der Waals surface area contributed by atoms with E-state index in [0.717, 1.165) is 17.5 Å². The lowest BCUT2D eigenvalue weighted by molar-refractivity contribution is -0.123. The number of benzene rings is 1. The minimum Gasteiger partial charge on any atom is -0.320 e. The highest BCUT2D eigenvalue weighted by Crippen LogP contribution is 2.48. The highest BCUT2D eigenvalue weighted by molar-refractivity contribution is 6.25. The Hall–Kier alpha value is -2.12. The zero-order valence-corrected chi connectivity index (χ0v) is 10.6. The second kappa shape index (κ2) is 4.22. The van der Waals surface area contributed by atoms with Gasteiger partial charge in [0.25, 0.3) is 0 Å². The van der Waals surface area contributed by atoms with Gasteiger partial charge in [0.2, 0.25) is 11.8 Å². The zero-order chi connectivity index (χ0) is 13.6. The molecule has 1 saturated carbocycles. The molecule has 0 radical (unpaired) electrons. The van der Waals surface area contributed by atoms with Crippen molar-refractivity contribution in [3.63, 3.8) is 0 Å². The monoisotopic (exact) mass is 254 g/mol. The molecular weight excluding hydrogens is 240 g/mol. The van der Waals surface area contributed by atoms with Crippen LogP contribution in [-0.4, -0.2) is 18.4 Å². The third kappa shape index (κ3) is 1.83. The van der Waals surface area contributed by atoms with E-state index >= 15 is 0 Å². The largest absolute Gasteiger partial charge is 0.320 e. The molecule has 1 heterocycles. The average molecular weight is 254 g/mol. The molecule has 2 fully saturated rings. The predicted octanol–water partition coefficient (Wildman–Crippen LogP) is 0.815. The first-order valence-corrected chi connectivity index (χ1v) is 6.31. The summed E-state index contributed by atoms with van der Waals surface area (Å²) in [6, 6.07) is 5.48. The van der Waals surface area contributed by atoms with Crippen molar-refractivity contribution in [3.8, 4) is 11.8 Å². The lowest BCUT2D eigenvalue weighted by Crippen LogP contribution is -2.33. The molecule has 2 aliphatic rings. The number of fused-ring (bicyclic) bond motifs is 1. The van der Waals surface area contributed by atoms with E-state index in [0.29, 0.717) is 12.2 Å². The number of hydrogen-bond donors (Lipinski definition) is 1. The predicted molar refractivity (Wildman–Crippen MR) is 71.2 cm³/mol. The molecule has 0 bridgehead atoms. The number of carbonyl (C=O) groups is 2. The number of nitrogens with zero attached hydrogens (tertiary/aromatic N) is 1. The Kier molecular flexibility index (Phi) is 2.65. The van der Waals surface area contributed by atoms with Crippen LogP contribution in [-0.2, 0) is 9.59 Å². The van der Waals surface area contributed by atoms with E-state index in [-0.39, 0.29) is 23.7 Å². The minimum atomic E-state index is -0.0661. The fourth-order valence-electron chi connectivity index (χ4n) is 2.56. The first kappa shape index (κ1) is 11.9. The van der Waals surface area contributed by atoms with Gasteiger partial charge in [0.1, 0.15) is 0 Å². The van der Waals surface area contributed by atoms with E-state index in [2.05, 4.69) is 11.8 Å². The van der Waals surface area contributed by atoms with Crippen LogP contribution in [0, 0.1) is 30.6 Å². The van der Waals surface area contributed by atoms with Gasteiger partial charge in [-0.05, 0) is 37.1 Å². The number of nitrogens with two attached hydrogens (primary N) is 1. The molecule has 2 atom stereocenters. The van der Waals surface area contributed by atoms with Gasteiger partial charge in [-0.1, -0.05) is 11.8 Å². The maximum absolute atomic E-state index is 12.0. The minimum absolute atomic E-state index is 0.0566. The number of rotatable bonds is 1. The molecule has 0 spiro atoms. The number of carbonyl (C=O) groups excluding carboxylic acids is 2. The average Bonchev–Trinajstić information content (AvgIpc) is 3.14. The van der Waals surface area contributed by atoms with Gasteiger partial charge in [0, 0.05) is 5.56 Å². The summed E-state index contributed by atoms with van der Waals surface area (Å²) in [5.74, 6) is 5.48. The van der Waals surface area contributed by atoms with Crippen molar-refractivity contribution in [1.82, 2.24) is 0 Å². The van der Waals surface area contributed by atoms with E-state index in [1.54, 1.807) is 6.07 Å². The molecule has 1 aromatic carbocycles. The van der Waals surface area contributed by atoms with E-state index < -0.39 is 0 Å². The summed E-state index contributed by atoms with van der Waals surface area (Å²) in [5.41, 5.74) is 7.74. The molecule has 0 aromatic heterocycles. The summed E-state index contributed by atoms with van der Waals surface area (Å²) in [5, 5.41) is 0. The van der Waals surface area contributed by atoms with E-state index in [1.807, 2.05) is 19.1 Å². The maximum atomic E-state index is 12.0. The van der Waals surface area contributed by atoms with Crippen LogP contribution in [0.2, 0.25) is 0 Å². The van der Waals surface area contributed by atoms with Gasteiger partial charge in [0.05, 0.1) is 24.1 Å². The molecule has 3 rings (SSSR count). The Balaban J connectivity index is 1.94. The summed E-state index contributed by atoms with van der Waals surface area (Å²) in [6.45, 7) is 2.20. The fraction of sp³-hybridized carbons (Fsp3) is 0.333. The third-order valence-electron chi connectivity index (χ3n) is 3.64.